The Morgan fingerprint density at radius 2 is 2.31 bits per heavy atom. The summed E-state index contributed by atoms with van der Waals surface area (Å²) in [6.07, 6.45) is 2.66. The molecule has 0 aliphatic carbocycles. The smallest absolute Gasteiger partial charge is 0.0345 e. The minimum atomic E-state index is 0.662. The highest BCUT2D eigenvalue weighted by molar-refractivity contribution is 14.1. The maximum Gasteiger partial charge on any atom is 0.0345 e. The normalized spacial score (nSPS) is 23.7. The highest BCUT2D eigenvalue weighted by atomic mass is 127. The Labute approximate surface area is 93.3 Å². The molecule has 13 heavy (non-hydrogen) atoms. The van der Waals surface area contributed by atoms with Crippen LogP contribution in [0, 0.1) is 3.57 Å². The van der Waals surface area contributed by atoms with Crippen LogP contribution in [-0.4, -0.2) is 18.5 Å². The van der Waals surface area contributed by atoms with Crippen molar-refractivity contribution < 1.29 is 0 Å². The Hall–Kier alpha value is -0.0900. The van der Waals surface area contributed by atoms with Gasteiger partial charge in [-0.05, 0) is 66.7 Å². The highest BCUT2D eigenvalue weighted by Gasteiger charge is 2.22. The van der Waals surface area contributed by atoms with Gasteiger partial charge in [-0.25, -0.2) is 0 Å². The first-order chi connectivity index (χ1) is 6.27. The van der Waals surface area contributed by atoms with Crippen LogP contribution in [0.5, 0.6) is 0 Å². The van der Waals surface area contributed by atoms with Crippen LogP contribution < -0.4 is 0 Å². The average molecular weight is 287 g/mol. The lowest BCUT2D eigenvalue weighted by Crippen LogP contribution is -2.17. The standard InChI is InChI=1S/C11H14IN/c1-13-7-3-6-11(13)9-4-2-5-10(12)8-9/h2,4-5,8,11H,3,6-7H2,1H3/t11-/m0/s1. The maximum absolute atomic E-state index is 2.45. The predicted octanol–water partition coefficient (Wildman–Crippen LogP) is 3.06. The van der Waals surface area contributed by atoms with Crippen LogP contribution in [0.15, 0.2) is 24.3 Å². The van der Waals surface area contributed by atoms with Crippen molar-refractivity contribution >= 4 is 22.6 Å². The molecule has 1 aliphatic heterocycles. The van der Waals surface area contributed by atoms with E-state index in [-0.39, 0.29) is 0 Å². The van der Waals surface area contributed by atoms with Gasteiger partial charge < -0.3 is 0 Å². The fourth-order valence-electron chi connectivity index (χ4n) is 2.05. The zero-order valence-corrected chi connectivity index (χ0v) is 9.99. The Bertz CT molecular complexity index is 298. The molecule has 1 aliphatic rings. The van der Waals surface area contributed by atoms with Crippen LogP contribution in [0.25, 0.3) is 0 Å². The van der Waals surface area contributed by atoms with Gasteiger partial charge in [0.1, 0.15) is 0 Å². The van der Waals surface area contributed by atoms with Crippen LogP contribution in [0.4, 0.5) is 0 Å². The first-order valence-electron chi connectivity index (χ1n) is 4.73. The Morgan fingerprint density at radius 3 is 2.92 bits per heavy atom. The van der Waals surface area contributed by atoms with E-state index >= 15 is 0 Å². The summed E-state index contributed by atoms with van der Waals surface area (Å²) in [5.74, 6) is 0. The van der Waals surface area contributed by atoms with Gasteiger partial charge in [-0.1, -0.05) is 12.1 Å². The maximum atomic E-state index is 2.45. The average Bonchev–Trinajstić information content (AvgIpc) is 2.51. The van der Waals surface area contributed by atoms with E-state index in [0.717, 1.165) is 0 Å². The molecule has 1 saturated heterocycles. The molecular weight excluding hydrogens is 273 g/mol. The zero-order chi connectivity index (χ0) is 9.26. The van der Waals surface area contributed by atoms with Crippen molar-refractivity contribution in [1.82, 2.24) is 4.90 Å². The van der Waals surface area contributed by atoms with Gasteiger partial charge in [0.25, 0.3) is 0 Å². The van der Waals surface area contributed by atoms with Crippen LogP contribution in [0.3, 0.4) is 0 Å². The minimum absolute atomic E-state index is 0.662. The molecule has 0 spiro atoms. The van der Waals surface area contributed by atoms with Gasteiger partial charge in [-0.2, -0.15) is 0 Å². The fraction of sp³-hybridized carbons (Fsp3) is 0.455. The lowest BCUT2D eigenvalue weighted by Gasteiger charge is -2.19. The quantitative estimate of drug-likeness (QED) is 0.718. The van der Waals surface area contributed by atoms with E-state index in [1.807, 2.05) is 0 Å². The number of halogens is 1. The van der Waals surface area contributed by atoms with Gasteiger partial charge in [0.05, 0.1) is 0 Å². The van der Waals surface area contributed by atoms with Crippen molar-refractivity contribution in [2.75, 3.05) is 13.6 Å². The first kappa shape index (κ1) is 9.46. The molecule has 1 aromatic rings. The molecule has 1 atom stereocenters. The van der Waals surface area contributed by atoms with E-state index < -0.39 is 0 Å². The summed E-state index contributed by atoms with van der Waals surface area (Å²) in [6, 6.07) is 9.51. The van der Waals surface area contributed by atoms with Crippen molar-refractivity contribution in [3.8, 4) is 0 Å². The van der Waals surface area contributed by atoms with Gasteiger partial charge in [0.2, 0.25) is 0 Å². The second-order valence-corrected chi connectivity index (χ2v) is 4.94. The third-order valence-electron chi connectivity index (χ3n) is 2.75. The van der Waals surface area contributed by atoms with Crippen molar-refractivity contribution in [2.45, 2.75) is 18.9 Å². The van der Waals surface area contributed by atoms with Crippen molar-refractivity contribution in [3.05, 3.63) is 33.4 Å². The van der Waals surface area contributed by atoms with E-state index in [2.05, 4.69) is 58.8 Å². The van der Waals surface area contributed by atoms with Crippen LogP contribution >= 0.6 is 22.6 Å². The summed E-state index contributed by atoms with van der Waals surface area (Å²) >= 11 is 2.38. The molecular formula is C11H14IN. The fourth-order valence-corrected chi connectivity index (χ4v) is 2.61. The molecule has 1 aromatic carbocycles. The summed E-state index contributed by atoms with van der Waals surface area (Å²) in [4.78, 5) is 2.45. The van der Waals surface area contributed by atoms with E-state index in [1.54, 1.807) is 0 Å². The molecule has 0 radical (unpaired) electrons. The minimum Gasteiger partial charge on any atom is -0.299 e. The summed E-state index contributed by atoms with van der Waals surface area (Å²) in [5, 5.41) is 0. The number of likely N-dealkylation sites (tertiary alicyclic amines) is 1. The number of hydrogen-bond acceptors (Lipinski definition) is 1. The van der Waals surface area contributed by atoms with Crippen LogP contribution in [-0.2, 0) is 0 Å². The van der Waals surface area contributed by atoms with Gasteiger partial charge >= 0.3 is 0 Å². The molecule has 0 aromatic heterocycles. The molecule has 0 N–H and O–H groups in total. The van der Waals surface area contributed by atoms with Crippen molar-refractivity contribution in [1.29, 1.82) is 0 Å². The second kappa shape index (κ2) is 3.96. The Balaban J connectivity index is 2.24. The van der Waals surface area contributed by atoms with Gasteiger partial charge in [-0.3, -0.25) is 4.90 Å². The van der Waals surface area contributed by atoms with Crippen LogP contribution in [0.1, 0.15) is 24.4 Å². The number of rotatable bonds is 1. The lowest BCUT2D eigenvalue weighted by atomic mass is 10.1. The lowest BCUT2D eigenvalue weighted by molar-refractivity contribution is 0.317. The highest BCUT2D eigenvalue weighted by Crippen LogP contribution is 2.30. The van der Waals surface area contributed by atoms with Gasteiger partial charge in [-0.15, -0.1) is 0 Å². The molecule has 0 unspecified atom stereocenters. The zero-order valence-electron chi connectivity index (χ0n) is 7.83. The summed E-state index contributed by atoms with van der Waals surface area (Å²) in [7, 11) is 2.22. The summed E-state index contributed by atoms with van der Waals surface area (Å²) in [6.45, 7) is 1.25. The van der Waals surface area contributed by atoms with Crippen LogP contribution in [0.2, 0.25) is 0 Å². The largest absolute Gasteiger partial charge is 0.299 e. The van der Waals surface area contributed by atoms with Gasteiger partial charge in [0.15, 0.2) is 0 Å². The molecule has 2 heteroatoms. The third-order valence-corrected chi connectivity index (χ3v) is 3.42. The van der Waals surface area contributed by atoms with E-state index in [0.29, 0.717) is 6.04 Å². The predicted molar refractivity (Wildman–Crippen MR) is 63.8 cm³/mol. The van der Waals surface area contributed by atoms with E-state index in [1.165, 1.54) is 28.5 Å². The van der Waals surface area contributed by atoms with Crippen molar-refractivity contribution in [2.24, 2.45) is 0 Å². The Morgan fingerprint density at radius 1 is 1.46 bits per heavy atom. The number of nitrogens with zero attached hydrogens (tertiary/aromatic N) is 1. The molecule has 1 nitrogen and oxygen atoms in total. The number of hydrogen-bond donors (Lipinski definition) is 0. The third kappa shape index (κ3) is 2.05. The first-order valence-corrected chi connectivity index (χ1v) is 5.81. The second-order valence-electron chi connectivity index (χ2n) is 3.69. The summed E-state index contributed by atoms with van der Waals surface area (Å²) in [5.41, 5.74) is 1.48. The SMILES string of the molecule is CN1CCC[C@H]1c1cccc(I)c1. The molecule has 1 heterocycles. The molecule has 2 rings (SSSR count). The summed E-state index contributed by atoms with van der Waals surface area (Å²) < 4.78 is 1.34. The van der Waals surface area contributed by atoms with Crippen molar-refractivity contribution in [3.63, 3.8) is 0 Å². The monoisotopic (exact) mass is 287 g/mol. The van der Waals surface area contributed by atoms with E-state index in [4.69, 9.17) is 0 Å². The number of benzene rings is 1. The molecule has 70 valence electrons. The molecule has 0 amide bonds. The molecule has 1 fully saturated rings. The topological polar surface area (TPSA) is 3.24 Å². The van der Waals surface area contributed by atoms with E-state index in [9.17, 15) is 0 Å². The Kier molecular flexibility index (Phi) is 2.89. The van der Waals surface area contributed by atoms with Gasteiger partial charge in [0, 0.05) is 9.61 Å². The molecule has 0 saturated carbocycles. The molecule has 0 bridgehead atoms.